The fraction of sp³-hybridized carbons (Fsp3) is 0.478. The lowest BCUT2D eigenvalue weighted by Crippen LogP contribution is -2.74. The van der Waals surface area contributed by atoms with Crippen LogP contribution in [-0.2, 0) is 25.0 Å². The van der Waals surface area contributed by atoms with Gasteiger partial charge in [-0.15, -0.1) is 34.9 Å². The molecule has 2 aromatic rings. The van der Waals surface area contributed by atoms with Crippen molar-refractivity contribution in [3.05, 3.63) is 35.1 Å². The number of alkyl halides is 1. The van der Waals surface area contributed by atoms with Gasteiger partial charge in [-0.05, 0) is 18.6 Å². The molecule has 2 aliphatic heterocycles. The van der Waals surface area contributed by atoms with E-state index in [2.05, 4.69) is 20.4 Å². The van der Waals surface area contributed by atoms with Crippen LogP contribution in [0.1, 0.15) is 18.2 Å². The quantitative estimate of drug-likeness (QED) is 0.108. The number of fused-ring (bicyclic) bond motifs is 1. The molecule has 17 heteroatoms. The van der Waals surface area contributed by atoms with Crippen molar-refractivity contribution in [3.8, 4) is 0 Å². The van der Waals surface area contributed by atoms with E-state index in [0.717, 1.165) is 27.5 Å². The van der Waals surface area contributed by atoms with Gasteiger partial charge in [0.05, 0.1) is 0 Å². The number of carboxylic acid groups (broad SMARTS) is 1. The summed E-state index contributed by atoms with van der Waals surface area (Å²) >= 11 is 5.21. The number of nitrogens with zero attached hydrogens (tertiary/aromatic N) is 4. The molecule has 12 nitrogen and oxygen atoms in total. The van der Waals surface area contributed by atoms with Gasteiger partial charge in [0, 0.05) is 52.5 Å². The lowest BCUT2D eigenvalue weighted by atomic mass is 10.0. The predicted octanol–water partition coefficient (Wildman–Crippen LogP) is 1.41. The van der Waals surface area contributed by atoms with Crippen molar-refractivity contribution in [1.82, 2.24) is 20.2 Å². The molecule has 0 radical (unpaired) electrons. The number of nitrogens with one attached hydrogen (secondary N) is 1. The molecule has 4 heterocycles. The second-order valence-electron chi connectivity index (χ2n) is 9.03. The number of anilines is 1. The minimum absolute atomic E-state index is 0.0327. The molecule has 0 aromatic carbocycles. The molecule has 4 atom stereocenters. The summed E-state index contributed by atoms with van der Waals surface area (Å²) in [4.78, 5) is 54.0. The number of rotatable bonds is 13. The van der Waals surface area contributed by atoms with Gasteiger partial charge in [0.2, 0.25) is 5.91 Å². The number of nitrogens with two attached hydrogens (primary N) is 2. The number of oxime groups is 1. The first-order valence-electron chi connectivity index (χ1n) is 12.0. The highest BCUT2D eigenvalue weighted by Crippen LogP contribution is 2.47. The molecule has 6 N–H and O–H groups in total. The Morgan fingerprint density at radius 1 is 1.48 bits per heavy atom. The van der Waals surface area contributed by atoms with E-state index in [1.165, 1.54) is 33.8 Å². The molecular formula is C23H28FN7O5S4. The van der Waals surface area contributed by atoms with E-state index >= 15 is 0 Å². The highest BCUT2D eigenvalue weighted by molar-refractivity contribution is 8.05. The van der Waals surface area contributed by atoms with Gasteiger partial charge in [-0.1, -0.05) is 5.16 Å². The zero-order chi connectivity index (χ0) is 28.9. The first-order chi connectivity index (χ1) is 19.1. The van der Waals surface area contributed by atoms with Gasteiger partial charge in [0.15, 0.2) is 10.8 Å². The smallest absolute Gasteiger partial charge is 0.322 e. The summed E-state index contributed by atoms with van der Waals surface area (Å²) in [6, 6.07) is 0.916. The van der Waals surface area contributed by atoms with Gasteiger partial charge < -0.3 is 31.6 Å². The van der Waals surface area contributed by atoms with E-state index in [1.807, 2.05) is 6.92 Å². The van der Waals surface area contributed by atoms with Gasteiger partial charge in [0.1, 0.15) is 35.1 Å². The number of thiazole rings is 1. The summed E-state index contributed by atoms with van der Waals surface area (Å²) < 4.78 is 11.2. The van der Waals surface area contributed by atoms with E-state index in [0.29, 0.717) is 5.75 Å². The topological polar surface area (TPSA) is 186 Å². The van der Waals surface area contributed by atoms with Crippen molar-refractivity contribution >= 4 is 75.2 Å². The number of hydrogen-bond acceptors (Lipinski definition) is 13. The predicted molar refractivity (Wildman–Crippen MR) is 155 cm³/mol. The monoisotopic (exact) mass is 629 g/mol. The molecule has 0 saturated carbocycles. The van der Waals surface area contributed by atoms with Gasteiger partial charge >= 0.3 is 5.97 Å². The second-order valence-corrected chi connectivity index (χ2v) is 13.5. The second kappa shape index (κ2) is 13.4. The highest BCUT2D eigenvalue weighted by Gasteiger charge is 2.58. The van der Waals surface area contributed by atoms with Crippen molar-refractivity contribution in [2.75, 3.05) is 37.1 Å². The molecule has 2 saturated heterocycles. The minimum Gasteiger partial charge on any atom is -0.480 e. The largest absolute Gasteiger partial charge is 0.480 e. The number of hydrogen-bond donors (Lipinski definition) is 4. The molecule has 0 bridgehead atoms. The lowest BCUT2D eigenvalue weighted by molar-refractivity contribution is -0.151. The first kappa shape index (κ1) is 30.4. The number of aliphatic carboxylic acids is 1. The number of amides is 2. The molecule has 2 amide bonds. The third kappa shape index (κ3) is 6.82. The minimum atomic E-state index is -1.29. The number of nitrogen functional groups attached to an aromatic ring is 1. The van der Waals surface area contributed by atoms with Crippen molar-refractivity contribution in [3.63, 3.8) is 0 Å². The summed E-state index contributed by atoms with van der Waals surface area (Å²) in [5, 5.41) is 17.8. The molecule has 0 aliphatic carbocycles. The van der Waals surface area contributed by atoms with Crippen LogP contribution < -0.4 is 16.8 Å². The lowest BCUT2D eigenvalue weighted by Gasteiger charge is -2.53. The fourth-order valence-electron chi connectivity index (χ4n) is 3.93. The van der Waals surface area contributed by atoms with Crippen LogP contribution in [0, 0.1) is 0 Å². The number of β-lactam (4-membered cyclic amide) rings is 1. The summed E-state index contributed by atoms with van der Waals surface area (Å²) in [5.74, 6) is -0.607. The van der Waals surface area contributed by atoms with Crippen molar-refractivity contribution in [1.29, 1.82) is 0 Å². The Bertz CT molecular complexity index is 1280. The molecule has 2 unspecified atom stereocenters. The molecule has 40 heavy (non-hydrogen) atoms. The van der Waals surface area contributed by atoms with Crippen LogP contribution >= 0.6 is 46.6 Å². The van der Waals surface area contributed by atoms with Crippen LogP contribution in [0.2, 0.25) is 0 Å². The summed E-state index contributed by atoms with van der Waals surface area (Å²) in [5.41, 5.74) is 12.3. The Morgan fingerprint density at radius 2 is 2.27 bits per heavy atom. The zero-order valence-electron chi connectivity index (χ0n) is 21.3. The van der Waals surface area contributed by atoms with Crippen LogP contribution in [0.25, 0.3) is 0 Å². The number of carbonyl (C=O) groups excluding carboxylic acids is 2. The maximum atomic E-state index is 13.1. The zero-order valence-corrected chi connectivity index (χ0v) is 24.6. The number of thioether (sulfide) groups is 3. The Balaban J connectivity index is 1.45. The van der Waals surface area contributed by atoms with Crippen molar-refractivity contribution in [2.24, 2.45) is 10.9 Å². The Morgan fingerprint density at radius 3 is 2.95 bits per heavy atom. The fourth-order valence-corrected chi connectivity index (χ4v) is 8.43. The van der Waals surface area contributed by atoms with E-state index in [4.69, 9.17) is 16.3 Å². The highest BCUT2D eigenvalue weighted by atomic mass is 32.2. The molecule has 2 aliphatic rings. The van der Waals surface area contributed by atoms with Crippen LogP contribution in [0.5, 0.6) is 0 Å². The third-order valence-corrected chi connectivity index (χ3v) is 11.0. The number of halogens is 1. The SMILES string of the molecule is CC(N)CSCc1cnccc1SC1(C(=O)O)CS[C@@H]2[C@H](NC(=O)C(=NOCCF)c3csc(N)n3)C(=O)N2C1. The molecule has 2 aromatic heterocycles. The normalized spacial score (nSPS) is 23.2. The number of pyridine rings is 1. The number of carboxylic acids is 1. The average Bonchev–Trinajstić information content (AvgIpc) is 3.35. The van der Waals surface area contributed by atoms with E-state index < -0.39 is 40.6 Å². The van der Waals surface area contributed by atoms with E-state index in [9.17, 15) is 23.9 Å². The van der Waals surface area contributed by atoms with Gasteiger partial charge in [0.25, 0.3) is 5.91 Å². The maximum Gasteiger partial charge on any atom is 0.322 e. The standard InChI is InChI=1S/C23H28FN7O5S4/c1-12(25)7-37-8-13-6-27-4-2-15(13)40-23(21(34)35)10-31-19(33)17(20(31)39-11-23)29-18(32)16(30-36-5-3-24)14-9-38-22(26)28-14/h2,4,6,9,12,17,20H,3,5,7-8,10-11,25H2,1H3,(H2,26,28)(H,29,32)(H,34,35)/t12?,17-,20-,23?/m1/s1. The van der Waals surface area contributed by atoms with E-state index in [-0.39, 0.29) is 41.5 Å². The molecule has 0 spiro atoms. The Labute approximate surface area is 246 Å². The van der Waals surface area contributed by atoms with Crippen molar-refractivity contribution < 1.29 is 28.7 Å². The third-order valence-electron chi connectivity index (χ3n) is 5.84. The summed E-state index contributed by atoms with van der Waals surface area (Å²) in [6.45, 7) is 0.726. The molecule has 2 fully saturated rings. The number of carbonyl (C=O) groups is 3. The van der Waals surface area contributed by atoms with Crippen LogP contribution in [0.15, 0.2) is 33.9 Å². The Hall–Kier alpha value is -2.60. The van der Waals surface area contributed by atoms with Crippen LogP contribution in [0.3, 0.4) is 0 Å². The molecular weight excluding hydrogens is 602 g/mol. The maximum absolute atomic E-state index is 13.1. The molecule has 4 rings (SSSR count). The van der Waals surface area contributed by atoms with Crippen molar-refractivity contribution in [2.45, 2.75) is 39.8 Å². The average molecular weight is 630 g/mol. The van der Waals surface area contributed by atoms with Crippen LogP contribution in [-0.4, -0.2) is 97.0 Å². The van der Waals surface area contributed by atoms with Crippen LogP contribution in [0.4, 0.5) is 9.52 Å². The summed E-state index contributed by atoms with van der Waals surface area (Å²) in [7, 11) is 0. The van der Waals surface area contributed by atoms with E-state index in [1.54, 1.807) is 30.2 Å². The van der Waals surface area contributed by atoms with Gasteiger partial charge in [-0.3, -0.25) is 19.4 Å². The van der Waals surface area contributed by atoms with Gasteiger partial charge in [-0.2, -0.15) is 11.8 Å². The van der Waals surface area contributed by atoms with Gasteiger partial charge in [-0.25, -0.2) is 9.37 Å². The number of aromatic nitrogens is 2. The molecule has 216 valence electrons. The summed E-state index contributed by atoms with van der Waals surface area (Å²) in [6.07, 6.45) is 3.33. The Kier molecular flexibility index (Phi) is 10.2. The first-order valence-corrected chi connectivity index (χ1v) is 15.9.